The molecule has 1 unspecified atom stereocenters. The molecule has 1 aliphatic heterocycles. The van der Waals surface area contributed by atoms with Crippen molar-refractivity contribution in [1.82, 2.24) is 15.2 Å². The Kier molecular flexibility index (Phi) is 4.67. The molecule has 2 fully saturated rings. The highest BCUT2D eigenvalue weighted by molar-refractivity contribution is 7.09. The summed E-state index contributed by atoms with van der Waals surface area (Å²) in [4.78, 5) is 7.58. The van der Waals surface area contributed by atoms with Crippen LogP contribution in [0.15, 0.2) is 5.38 Å². The van der Waals surface area contributed by atoms with Gasteiger partial charge >= 0.3 is 0 Å². The zero-order chi connectivity index (χ0) is 14.9. The van der Waals surface area contributed by atoms with Gasteiger partial charge in [-0.05, 0) is 44.7 Å². The molecule has 1 N–H and O–H groups in total. The van der Waals surface area contributed by atoms with Crippen LogP contribution in [-0.4, -0.2) is 35.6 Å². The van der Waals surface area contributed by atoms with Crippen molar-refractivity contribution < 1.29 is 0 Å². The van der Waals surface area contributed by atoms with E-state index < -0.39 is 0 Å². The van der Waals surface area contributed by atoms with E-state index >= 15 is 0 Å². The summed E-state index contributed by atoms with van der Waals surface area (Å²) >= 11 is 1.83. The van der Waals surface area contributed by atoms with Crippen LogP contribution in [0.4, 0.5) is 0 Å². The molecule has 0 radical (unpaired) electrons. The van der Waals surface area contributed by atoms with Crippen LogP contribution >= 0.6 is 11.3 Å². The standard InChI is InChI=1S/C17H29N3S/c1-17(2,3)16-19-14(12-21-16)11-20(15-6-7-15)10-13-5-4-8-18-9-13/h12-13,15,18H,4-11H2,1-3H3. The number of nitrogens with zero attached hydrogens (tertiary/aromatic N) is 2. The second-order valence-electron chi connectivity index (χ2n) is 7.77. The summed E-state index contributed by atoms with van der Waals surface area (Å²) in [6.07, 6.45) is 5.50. The molecule has 0 amide bonds. The maximum Gasteiger partial charge on any atom is 0.0982 e. The van der Waals surface area contributed by atoms with Crippen LogP contribution in [0, 0.1) is 5.92 Å². The predicted octanol–water partition coefficient (Wildman–Crippen LogP) is 3.40. The first kappa shape index (κ1) is 15.4. The topological polar surface area (TPSA) is 28.2 Å². The van der Waals surface area contributed by atoms with Crippen molar-refractivity contribution in [3.63, 3.8) is 0 Å². The molecule has 4 heteroatoms. The van der Waals surface area contributed by atoms with E-state index in [0.717, 1.165) is 18.5 Å². The Balaban J connectivity index is 1.61. The number of piperidine rings is 1. The quantitative estimate of drug-likeness (QED) is 0.903. The molecule has 3 nitrogen and oxygen atoms in total. The van der Waals surface area contributed by atoms with Gasteiger partial charge in [-0.25, -0.2) is 4.98 Å². The zero-order valence-electron chi connectivity index (χ0n) is 13.7. The Morgan fingerprint density at radius 2 is 2.14 bits per heavy atom. The normalized spacial score (nSPS) is 23.7. The summed E-state index contributed by atoms with van der Waals surface area (Å²) < 4.78 is 0. The van der Waals surface area contributed by atoms with Gasteiger partial charge in [0.1, 0.15) is 0 Å². The highest BCUT2D eigenvalue weighted by Gasteiger charge is 2.31. The van der Waals surface area contributed by atoms with Gasteiger partial charge in [0.2, 0.25) is 0 Å². The molecule has 1 atom stereocenters. The molecule has 1 saturated heterocycles. The van der Waals surface area contributed by atoms with Crippen molar-refractivity contribution in [3.8, 4) is 0 Å². The molecule has 1 aromatic rings. The molecule has 2 heterocycles. The third-order valence-corrected chi connectivity index (χ3v) is 5.83. The Labute approximate surface area is 133 Å². The third kappa shape index (κ3) is 4.27. The maximum absolute atomic E-state index is 4.89. The monoisotopic (exact) mass is 307 g/mol. The molecule has 1 aliphatic carbocycles. The van der Waals surface area contributed by atoms with Crippen molar-refractivity contribution in [3.05, 3.63) is 16.1 Å². The molecule has 1 saturated carbocycles. The number of hydrogen-bond donors (Lipinski definition) is 1. The fraction of sp³-hybridized carbons (Fsp3) is 0.824. The van der Waals surface area contributed by atoms with Crippen LogP contribution < -0.4 is 5.32 Å². The first-order valence-corrected chi connectivity index (χ1v) is 9.30. The highest BCUT2D eigenvalue weighted by atomic mass is 32.1. The van der Waals surface area contributed by atoms with Crippen LogP contribution in [0.1, 0.15) is 57.2 Å². The molecule has 0 spiro atoms. The first-order valence-electron chi connectivity index (χ1n) is 8.42. The number of nitrogens with one attached hydrogen (secondary N) is 1. The van der Waals surface area contributed by atoms with Crippen molar-refractivity contribution in [1.29, 1.82) is 0 Å². The Morgan fingerprint density at radius 1 is 1.33 bits per heavy atom. The fourth-order valence-electron chi connectivity index (χ4n) is 3.13. The summed E-state index contributed by atoms with van der Waals surface area (Å²) in [5.41, 5.74) is 1.46. The van der Waals surface area contributed by atoms with Crippen LogP contribution in [0.25, 0.3) is 0 Å². The molecular weight excluding hydrogens is 278 g/mol. The first-order chi connectivity index (χ1) is 10.0. The van der Waals surface area contributed by atoms with Crippen molar-refractivity contribution in [2.24, 2.45) is 5.92 Å². The molecule has 21 heavy (non-hydrogen) atoms. The molecular formula is C17H29N3S. The minimum absolute atomic E-state index is 0.181. The van der Waals surface area contributed by atoms with Crippen LogP contribution in [-0.2, 0) is 12.0 Å². The molecule has 2 aliphatic rings. The van der Waals surface area contributed by atoms with Gasteiger partial charge in [-0.15, -0.1) is 11.3 Å². The highest BCUT2D eigenvalue weighted by Crippen LogP contribution is 2.31. The summed E-state index contributed by atoms with van der Waals surface area (Å²) in [6, 6.07) is 0.826. The predicted molar refractivity (Wildman–Crippen MR) is 89.8 cm³/mol. The van der Waals surface area contributed by atoms with E-state index in [1.54, 1.807) is 0 Å². The van der Waals surface area contributed by atoms with E-state index in [0.29, 0.717) is 0 Å². The van der Waals surface area contributed by atoms with E-state index in [4.69, 9.17) is 4.98 Å². The van der Waals surface area contributed by atoms with E-state index in [9.17, 15) is 0 Å². The number of thiazole rings is 1. The summed E-state index contributed by atoms with van der Waals surface area (Å²) in [6.45, 7) is 11.5. The van der Waals surface area contributed by atoms with Gasteiger partial charge in [0.15, 0.2) is 0 Å². The molecule has 0 bridgehead atoms. The molecule has 0 aromatic carbocycles. The van der Waals surface area contributed by atoms with Gasteiger partial charge < -0.3 is 5.32 Å². The maximum atomic E-state index is 4.89. The number of rotatable bonds is 5. The van der Waals surface area contributed by atoms with Crippen LogP contribution in [0.3, 0.4) is 0 Å². The van der Waals surface area contributed by atoms with Crippen molar-refractivity contribution in [2.75, 3.05) is 19.6 Å². The summed E-state index contributed by atoms with van der Waals surface area (Å²) in [5, 5.41) is 7.09. The van der Waals surface area contributed by atoms with Crippen LogP contribution in [0.5, 0.6) is 0 Å². The largest absolute Gasteiger partial charge is 0.316 e. The fourth-order valence-corrected chi connectivity index (χ4v) is 4.02. The smallest absolute Gasteiger partial charge is 0.0982 e. The Bertz CT molecular complexity index is 453. The molecule has 3 rings (SSSR count). The lowest BCUT2D eigenvalue weighted by Gasteiger charge is -2.29. The van der Waals surface area contributed by atoms with Gasteiger partial charge in [-0.2, -0.15) is 0 Å². The van der Waals surface area contributed by atoms with E-state index in [1.165, 1.54) is 56.0 Å². The van der Waals surface area contributed by atoms with Crippen molar-refractivity contribution >= 4 is 11.3 Å². The second-order valence-corrected chi connectivity index (χ2v) is 8.63. The van der Waals surface area contributed by atoms with Gasteiger partial charge in [0, 0.05) is 29.9 Å². The van der Waals surface area contributed by atoms with E-state index in [1.807, 2.05) is 11.3 Å². The lowest BCUT2D eigenvalue weighted by Crippen LogP contribution is -2.39. The van der Waals surface area contributed by atoms with Gasteiger partial charge in [0.25, 0.3) is 0 Å². The van der Waals surface area contributed by atoms with Gasteiger partial charge in [-0.1, -0.05) is 20.8 Å². The second kappa shape index (κ2) is 6.35. The molecule has 1 aromatic heterocycles. The van der Waals surface area contributed by atoms with Gasteiger partial charge in [0.05, 0.1) is 10.7 Å². The minimum atomic E-state index is 0.181. The van der Waals surface area contributed by atoms with Gasteiger partial charge in [-0.3, -0.25) is 4.90 Å². The Morgan fingerprint density at radius 3 is 2.71 bits per heavy atom. The average Bonchev–Trinajstić information content (AvgIpc) is 3.17. The minimum Gasteiger partial charge on any atom is -0.316 e. The number of aromatic nitrogens is 1. The SMILES string of the molecule is CC(C)(C)c1nc(CN(CC2CCCNC2)C2CC2)cs1. The van der Waals surface area contributed by atoms with E-state index in [2.05, 4.69) is 36.4 Å². The average molecular weight is 308 g/mol. The summed E-state index contributed by atoms with van der Waals surface area (Å²) in [7, 11) is 0. The lowest BCUT2D eigenvalue weighted by molar-refractivity contribution is 0.191. The zero-order valence-corrected chi connectivity index (χ0v) is 14.5. The molecule has 118 valence electrons. The third-order valence-electron chi connectivity index (χ3n) is 4.51. The number of hydrogen-bond acceptors (Lipinski definition) is 4. The van der Waals surface area contributed by atoms with E-state index in [-0.39, 0.29) is 5.41 Å². The van der Waals surface area contributed by atoms with Crippen LogP contribution in [0.2, 0.25) is 0 Å². The Hall–Kier alpha value is -0.450. The lowest BCUT2D eigenvalue weighted by atomic mass is 9.98. The summed E-state index contributed by atoms with van der Waals surface area (Å²) in [5.74, 6) is 0.833. The van der Waals surface area contributed by atoms with Crippen molar-refractivity contribution in [2.45, 2.75) is 64.5 Å².